The van der Waals surface area contributed by atoms with Crippen molar-refractivity contribution >= 4 is 5.97 Å². The SMILES string of the molecule is COc1cc(OC(F)(F)F)ccc1Oc1ccc(C2CCC2)c(C)c1C(=O)O. The van der Waals surface area contributed by atoms with Crippen molar-refractivity contribution in [1.82, 2.24) is 0 Å². The Kier molecular flexibility index (Phi) is 5.40. The summed E-state index contributed by atoms with van der Waals surface area (Å²) >= 11 is 0. The van der Waals surface area contributed by atoms with E-state index in [0.29, 0.717) is 11.5 Å². The fraction of sp³-hybridized carbons (Fsp3) is 0.350. The average Bonchev–Trinajstić information content (AvgIpc) is 2.55. The Morgan fingerprint density at radius 2 is 1.79 bits per heavy atom. The van der Waals surface area contributed by atoms with Gasteiger partial charge in [-0.3, -0.25) is 0 Å². The predicted molar refractivity (Wildman–Crippen MR) is 94.5 cm³/mol. The Labute approximate surface area is 159 Å². The zero-order chi connectivity index (χ0) is 20.5. The van der Waals surface area contributed by atoms with Crippen molar-refractivity contribution in [2.75, 3.05) is 7.11 Å². The van der Waals surface area contributed by atoms with E-state index in [1.807, 2.05) is 6.07 Å². The number of benzene rings is 2. The molecule has 1 fully saturated rings. The molecule has 1 aliphatic rings. The van der Waals surface area contributed by atoms with Crippen LogP contribution in [-0.2, 0) is 0 Å². The highest BCUT2D eigenvalue weighted by molar-refractivity contribution is 5.93. The first-order valence-electron chi connectivity index (χ1n) is 8.68. The Morgan fingerprint density at radius 1 is 1.11 bits per heavy atom. The number of ether oxygens (including phenoxy) is 3. The standard InChI is InChI=1S/C20H19F3O5/c1-11-14(12-4-3-5-12)7-9-16(18(11)19(24)25)27-15-8-6-13(10-17(15)26-2)28-20(21,22)23/h6-10,12H,3-5H2,1-2H3,(H,24,25). The van der Waals surface area contributed by atoms with Crippen LogP contribution in [0.3, 0.4) is 0 Å². The van der Waals surface area contributed by atoms with Crippen molar-refractivity contribution in [2.24, 2.45) is 0 Å². The number of carboxylic acid groups (broad SMARTS) is 1. The van der Waals surface area contributed by atoms with Gasteiger partial charge >= 0.3 is 12.3 Å². The molecule has 0 spiro atoms. The molecule has 0 saturated heterocycles. The maximum atomic E-state index is 12.4. The Morgan fingerprint density at radius 3 is 2.32 bits per heavy atom. The zero-order valence-electron chi connectivity index (χ0n) is 15.3. The van der Waals surface area contributed by atoms with Gasteiger partial charge in [-0.2, -0.15) is 0 Å². The summed E-state index contributed by atoms with van der Waals surface area (Å²) in [6, 6.07) is 6.75. The second-order valence-electron chi connectivity index (χ2n) is 6.55. The number of hydrogen-bond donors (Lipinski definition) is 1. The Hall–Kier alpha value is -2.90. The monoisotopic (exact) mass is 396 g/mol. The molecule has 1 N–H and O–H groups in total. The van der Waals surface area contributed by atoms with Gasteiger partial charge in [0.05, 0.1) is 7.11 Å². The molecule has 1 aliphatic carbocycles. The summed E-state index contributed by atoms with van der Waals surface area (Å²) < 4.78 is 51.8. The number of carboxylic acids is 1. The summed E-state index contributed by atoms with van der Waals surface area (Å²) in [6.45, 7) is 1.74. The van der Waals surface area contributed by atoms with Crippen LogP contribution in [0.2, 0.25) is 0 Å². The van der Waals surface area contributed by atoms with Crippen LogP contribution in [0.15, 0.2) is 30.3 Å². The number of rotatable bonds is 6. The van der Waals surface area contributed by atoms with Crippen molar-refractivity contribution < 1.29 is 37.3 Å². The van der Waals surface area contributed by atoms with E-state index < -0.39 is 18.1 Å². The lowest BCUT2D eigenvalue weighted by atomic mass is 9.77. The van der Waals surface area contributed by atoms with Crippen LogP contribution in [0.25, 0.3) is 0 Å². The molecule has 2 aromatic rings. The minimum atomic E-state index is -4.83. The highest BCUT2D eigenvalue weighted by atomic mass is 19.4. The van der Waals surface area contributed by atoms with E-state index in [1.54, 1.807) is 13.0 Å². The summed E-state index contributed by atoms with van der Waals surface area (Å²) in [5.41, 5.74) is 1.64. The summed E-state index contributed by atoms with van der Waals surface area (Å²) in [4.78, 5) is 11.8. The number of methoxy groups -OCH3 is 1. The van der Waals surface area contributed by atoms with E-state index in [4.69, 9.17) is 9.47 Å². The van der Waals surface area contributed by atoms with E-state index in [0.717, 1.165) is 37.0 Å². The number of aromatic carboxylic acids is 1. The third-order valence-corrected chi connectivity index (χ3v) is 4.82. The second-order valence-corrected chi connectivity index (χ2v) is 6.55. The van der Waals surface area contributed by atoms with Gasteiger partial charge in [-0.05, 0) is 55.0 Å². The van der Waals surface area contributed by atoms with Gasteiger partial charge in [-0.15, -0.1) is 13.2 Å². The number of halogens is 3. The molecular weight excluding hydrogens is 377 g/mol. The third-order valence-electron chi connectivity index (χ3n) is 4.82. The summed E-state index contributed by atoms with van der Waals surface area (Å²) in [5, 5.41) is 9.66. The van der Waals surface area contributed by atoms with Gasteiger partial charge in [-0.25, -0.2) is 4.79 Å². The first-order chi connectivity index (χ1) is 13.2. The molecule has 0 unspecified atom stereocenters. The van der Waals surface area contributed by atoms with Crippen LogP contribution in [0.4, 0.5) is 13.2 Å². The molecule has 0 aliphatic heterocycles. The molecule has 2 aromatic carbocycles. The highest BCUT2D eigenvalue weighted by Crippen LogP contribution is 2.42. The zero-order valence-corrected chi connectivity index (χ0v) is 15.3. The predicted octanol–water partition coefficient (Wildman–Crippen LogP) is 5.66. The fourth-order valence-electron chi connectivity index (χ4n) is 3.26. The van der Waals surface area contributed by atoms with E-state index in [-0.39, 0.29) is 22.8 Å². The van der Waals surface area contributed by atoms with Gasteiger partial charge < -0.3 is 19.3 Å². The van der Waals surface area contributed by atoms with E-state index in [2.05, 4.69) is 4.74 Å². The minimum Gasteiger partial charge on any atom is -0.493 e. The Balaban J connectivity index is 1.94. The second kappa shape index (κ2) is 7.61. The van der Waals surface area contributed by atoms with Gasteiger partial charge in [0.25, 0.3) is 0 Å². The van der Waals surface area contributed by atoms with Gasteiger partial charge in [0.1, 0.15) is 17.1 Å². The van der Waals surface area contributed by atoms with Gasteiger partial charge in [-0.1, -0.05) is 12.5 Å². The van der Waals surface area contributed by atoms with Crippen molar-refractivity contribution in [3.63, 3.8) is 0 Å². The molecule has 3 rings (SSSR count). The first-order valence-corrected chi connectivity index (χ1v) is 8.68. The average molecular weight is 396 g/mol. The normalized spacial score (nSPS) is 14.3. The molecule has 0 heterocycles. The smallest absolute Gasteiger partial charge is 0.493 e. The maximum absolute atomic E-state index is 12.4. The highest BCUT2D eigenvalue weighted by Gasteiger charge is 2.31. The lowest BCUT2D eigenvalue weighted by Crippen LogP contribution is -2.17. The maximum Gasteiger partial charge on any atom is 0.573 e. The Bertz CT molecular complexity index is 888. The van der Waals surface area contributed by atoms with E-state index in [1.165, 1.54) is 13.2 Å². The number of carbonyl (C=O) groups is 1. The van der Waals surface area contributed by atoms with Crippen LogP contribution in [-0.4, -0.2) is 24.5 Å². The van der Waals surface area contributed by atoms with Crippen molar-refractivity contribution in [3.05, 3.63) is 47.0 Å². The molecule has 8 heteroatoms. The van der Waals surface area contributed by atoms with Crippen LogP contribution >= 0.6 is 0 Å². The van der Waals surface area contributed by atoms with Crippen LogP contribution in [0.1, 0.15) is 46.7 Å². The van der Waals surface area contributed by atoms with E-state index >= 15 is 0 Å². The first kappa shape index (κ1) is 19.9. The number of hydrogen-bond acceptors (Lipinski definition) is 4. The van der Waals surface area contributed by atoms with Crippen LogP contribution in [0.5, 0.6) is 23.0 Å². The lowest BCUT2D eigenvalue weighted by molar-refractivity contribution is -0.274. The summed E-state index contributed by atoms with van der Waals surface area (Å²) in [6.07, 6.45) is -1.67. The molecule has 0 atom stereocenters. The van der Waals surface area contributed by atoms with Crippen LogP contribution in [0, 0.1) is 6.92 Å². The third kappa shape index (κ3) is 4.16. The molecule has 28 heavy (non-hydrogen) atoms. The van der Waals surface area contributed by atoms with Crippen molar-refractivity contribution in [2.45, 2.75) is 38.5 Å². The summed E-state index contributed by atoms with van der Waals surface area (Å²) in [5.74, 6) is -1.10. The van der Waals surface area contributed by atoms with Crippen molar-refractivity contribution in [1.29, 1.82) is 0 Å². The minimum absolute atomic E-state index is 0.0150. The molecular formula is C20H19F3O5. The number of alkyl halides is 3. The molecule has 0 aromatic heterocycles. The topological polar surface area (TPSA) is 65.0 Å². The molecule has 0 radical (unpaired) electrons. The molecule has 0 bridgehead atoms. The molecule has 5 nitrogen and oxygen atoms in total. The van der Waals surface area contributed by atoms with Crippen LogP contribution < -0.4 is 14.2 Å². The summed E-state index contributed by atoms with van der Waals surface area (Å²) in [7, 11) is 1.27. The molecule has 1 saturated carbocycles. The van der Waals surface area contributed by atoms with Crippen molar-refractivity contribution in [3.8, 4) is 23.0 Å². The van der Waals surface area contributed by atoms with Gasteiger partial charge in [0, 0.05) is 6.07 Å². The fourth-order valence-corrected chi connectivity index (χ4v) is 3.26. The van der Waals surface area contributed by atoms with E-state index in [9.17, 15) is 23.1 Å². The molecule has 150 valence electrons. The lowest BCUT2D eigenvalue weighted by Gasteiger charge is -2.28. The van der Waals surface area contributed by atoms with Gasteiger partial charge in [0.2, 0.25) is 0 Å². The largest absolute Gasteiger partial charge is 0.573 e. The molecule has 0 amide bonds. The quantitative estimate of drug-likeness (QED) is 0.683. The van der Waals surface area contributed by atoms with Gasteiger partial charge in [0.15, 0.2) is 11.5 Å².